The molecule has 1 fully saturated rings. The maximum Gasteiger partial charge on any atom is 0.319 e. The molecule has 2 rings (SSSR count). The molecule has 0 radical (unpaired) electrons. The van der Waals surface area contributed by atoms with Gasteiger partial charge in [0.2, 0.25) is 10.0 Å². The molecule has 0 spiro atoms. The fourth-order valence-corrected chi connectivity index (χ4v) is 3.14. The van der Waals surface area contributed by atoms with Crippen molar-refractivity contribution in [2.24, 2.45) is 0 Å². The van der Waals surface area contributed by atoms with E-state index < -0.39 is 10.0 Å². The number of rotatable bonds is 3. The SMILES string of the molecule is CS(=O)(=O)N1CCC(NC(=O)Nc2cccc(Cl)c2)C1. The van der Waals surface area contributed by atoms with Crippen molar-refractivity contribution in [2.75, 3.05) is 24.7 Å². The Morgan fingerprint density at radius 2 is 2.20 bits per heavy atom. The van der Waals surface area contributed by atoms with Gasteiger partial charge in [0, 0.05) is 29.8 Å². The average molecular weight is 318 g/mol. The van der Waals surface area contributed by atoms with E-state index in [4.69, 9.17) is 11.6 Å². The quantitative estimate of drug-likeness (QED) is 0.886. The van der Waals surface area contributed by atoms with Crippen LogP contribution in [-0.4, -0.2) is 44.1 Å². The van der Waals surface area contributed by atoms with Gasteiger partial charge in [-0.15, -0.1) is 0 Å². The third kappa shape index (κ3) is 4.09. The normalized spacial score (nSPS) is 19.8. The summed E-state index contributed by atoms with van der Waals surface area (Å²) >= 11 is 5.82. The zero-order valence-electron chi connectivity index (χ0n) is 11.0. The second-order valence-electron chi connectivity index (χ2n) is 4.72. The van der Waals surface area contributed by atoms with Crippen molar-refractivity contribution < 1.29 is 13.2 Å². The van der Waals surface area contributed by atoms with Gasteiger partial charge in [-0.2, -0.15) is 0 Å². The van der Waals surface area contributed by atoms with Crippen LogP contribution >= 0.6 is 11.6 Å². The lowest BCUT2D eigenvalue weighted by atomic mass is 10.3. The Hall–Kier alpha value is -1.31. The molecule has 0 bridgehead atoms. The lowest BCUT2D eigenvalue weighted by Crippen LogP contribution is -2.40. The van der Waals surface area contributed by atoms with Gasteiger partial charge < -0.3 is 10.6 Å². The molecule has 2 N–H and O–H groups in total. The molecule has 1 unspecified atom stereocenters. The first-order valence-corrected chi connectivity index (χ1v) is 8.35. The monoisotopic (exact) mass is 317 g/mol. The van der Waals surface area contributed by atoms with Crippen LogP contribution in [0.15, 0.2) is 24.3 Å². The summed E-state index contributed by atoms with van der Waals surface area (Å²) < 4.78 is 24.1. The molecule has 1 aromatic rings. The zero-order valence-corrected chi connectivity index (χ0v) is 12.5. The van der Waals surface area contributed by atoms with Crippen molar-refractivity contribution in [3.8, 4) is 0 Å². The highest BCUT2D eigenvalue weighted by molar-refractivity contribution is 7.88. The molecule has 0 aliphatic carbocycles. The van der Waals surface area contributed by atoms with Gasteiger partial charge in [0.15, 0.2) is 0 Å². The minimum Gasteiger partial charge on any atom is -0.334 e. The van der Waals surface area contributed by atoms with Crippen molar-refractivity contribution in [3.05, 3.63) is 29.3 Å². The number of halogens is 1. The third-order valence-corrected chi connectivity index (χ3v) is 4.54. The first kappa shape index (κ1) is 15.1. The molecule has 110 valence electrons. The maximum atomic E-state index is 11.8. The van der Waals surface area contributed by atoms with Crippen molar-refractivity contribution in [1.82, 2.24) is 9.62 Å². The van der Waals surface area contributed by atoms with Gasteiger partial charge in [-0.25, -0.2) is 17.5 Å². The van der Waals surface area contributed by atoms with Gasteiger partial charge in [0.25, 0.3) is 0 Å². The van der Waals surface area contributed by atoms with Crippen molar-refractivity contribution in [3.63, 3.8) is 0 Å². The molecule has 1 saturated heterocycles. The first-order valence-electron chi connectivity index (χ1n) is 6.13. The van der Waals surface area contributed by atoms with E-state index in [1.54, 1.807) is 24.3 Å². The maximum absolute atomic E-state index is 11.8. The molecule has 1 aromatic carbocycles. The lowest BCUT2D eigenvalue weighted by molar-refractivity contribution is 0.249. The van der Waals surface area contributed by atoms with Crippen LogP contribution in [0.5, 0.6) is 0 Å². The smallest absolute Gasteiger partial charge is 0.319 e. The van der Waals surface area contributed by atoms with Crippen LogP contribution in [0.3, 0.4) is 0 Å². The standard InChI is InChI=1S/C12H16ClN3O3S/c1-20(18,19)16-6-5-11(8-16)15-12(17)14-10-4-2-3-9(13)7-10/h2-4,7,11H,5-6,8H2,1H3,(H2,14,15,17). The fraction of sp³-hybridized carbons (Fsp3) is 0.417. The Kier molecular flexibility index (Phi) is 4.52. The molecule has 8 heteroatoms. The van der Waals surface area contributed by atoms with Crippen LogP contribution in [-0.2, 0) is 10.0 Å². The van der Waals surface area contributed by atoms with Crippen molar-refractivity contribution in [1.29, 1.82) is 0 Å². The lowest BCUT2D eigenvalue weighted by Gasteiger charge is -2.15. The van der Waals surface area contributed by atoms with Gasteiger partial charge >= 0.3 is 6.03 Å². The Labute approximate surface area is 123 Å². The highest BCUT2D eigenvalue weighted by Gasteiger charge is 2.29. The van der Waals surface area contributed by atoms with Crippen LogP contribution < -0.4 is 10.6 Å². The fourth-order valence-electron chi connectivity index (χ4n) is 2.07. The summed E-state index contributed by atoms with van der Waals surface area (Å²) in [5.41, 5.74) is 0.591. The van der Waals surface area contributed by atoms with E-state index in [0.717, 1.165) is 0 Å². The third-order valence-electron chi connectivity index (χ3n) is 3.04. The van der Waals surface area contributed by atoms with Gasteiger partial charge in [-0.3, -0.25) is 0 Å². The number of nitrogens with one attached hydrogen (secondary N) is 2. The molecule has 1 heterocycles. The number of urea groups is 1. The van der Waals surface area contributed by atoms with Crippen LogP contribution in [0.2, 0.25) is 5.02 Å². The minimum absolute atomic E-state index is 0.177. The summed E-state index contributed by atoms with van der Waals surface area (Å²) in [6, 6.07) is 6.27. The summed E-state index contributed by atoms with van der Waals surface area (Å²) in [4.78, 5) is 11.8. The molecule has 20 heavy (non-hydrogen) atoms. The van der Waals surface area contributed by atoms with E-state index in [0.29, 0.717) is 30.2 Å². The van der Waals surface area contributed by atoms with E-state index in [-0.39, 0.29) is 12.1 Å². The molecule has 1 atom stereocenters. The highest BCUT2D eigenvalue weighted by atomic mass is 35.5. The summed E-state index contributed by atoms with van der Waals surface area (Å²) in [6.45, 7) is 0.739. The Bertz CT molecular complexity index is 606. The molecular weight excluding hydrogens is 302 g/mol. The Balaban J connectivity index is 1.87. The van der Waals surface area contributed by atoms with Crippen molar-refractivity contribution >= 4 is 33.3 Å². The van der Waals surface area contributed by atoms with Crippen LogP contribution in [0.1, 0.15) is 6.42 Å². The van der Waals surface area contributed by atoms with Gasteiger partial charge in [-0.05, 0) is 24.6 Å². The Morgan fingerprint density at radius 1 is 1.45 bits per heavy atom. The molecule has 6 nitrogen and oxygen atoms in total. The molecule has 1 aliphatic rings. The summed E-state index contributed by atoms with van der Waals surface area (Å²) in [7, 11) is -3.19. The van der Waals surface area contributed by atoms with E-state index in [9.17, 15) is 13.2 Å². The summed E-state index contributed by atoms with van der Waals surface area (Å²) in [5.74, 6) is 0. The van der Waals surface area contributed by atoms with Crippen LogP contribution in [0.25, 0.3) is 0 Å². The second-order valence-corrected chi connectivity index (χ2v) is 7.13. The van der Waals surface area contributed by atoms with Gasteiger partial charge in [0.1, 0.15) is 0 Å². The number of amides is 2. The van der Waals surface area contributed by atoms with E-state index in [2.05, 4.69) is 10.6 Å². The number of carbonyl (C=O) groups excluding carboxylic acids is 1. The highest BCUT2D eigenvalue weighted by Crippen LogP contribution is 2.16. The zero-order chi connectivity index (χ0) is 14.8. The number of anilines is 1. The number of carbonyl (C=O) groups is 1. The van der Waals surface area contributed by atoms with E-state index >= 15 is 0 Å². The predicted molar refractivity (Wildman–Crippen MR) is 78.4 cm³/mol. The minimum atomic E-state index is -3.19. The Morgan fingerprint density at radius 3 is 2.80 bits per heavy atom. The number of nitrogens with zero attached hydrogens (tertiary/aromatic N) is 1. The average Bonchev–Trinajstić information content (AvgIpc) is 2.76. The largest absolute Gasteiger partial charge is 0.334 e. The van der Waals surface area contributed by atoms with Crippen molar-refractivity contribution in [2.45, 2.75) is 12.5 Å². The van der Waals surface area contributed by atoms with Crippen LogP contribution in [0.4, 0.5) is 10.5 Å². The second kappa shape index (κ2) is 5.99. The van der Waals surface area contributed by atoms with Gasteiger partial charge in [0.05, 0.1) is 6.26 Å². The number of hydrogen-bond acceptors (Lipinski definition) is 3. The number of sulfonamides is 1. The van der Waals surface area contributed by atoms with Crippen LogP contribution in [0, 0.1) is 0 Å². The summed E-state index contributed by atoms with van der Waals surface area (Å²) in [5, 5.41) is 5.94. The molecular formula is C12H16ClN3O3S. The number of benzene rings is 1. The molecule has 0 aromatic heterocycles. The predicted octanol–water partition coefficient (Wildman–Crippen LogP) is 1.50. The summed E-state index contributed by atoms with van der Waals surface area (Å²) in [6.07, 6.45) is 1.78. The van der Waals surface area contributed by atoms with E-state index in [1.165, 1.54) is 10.6 Å². The molecule has 1 aliphatic heterocycles. The molecule has 2 amide bonds. The molecule has 0 saturated carbocycles. The van der Waals surface area contributed by atoms with E-state index in [1.807, 2.05) is 0 Å². The first-order chi connectivity index (χ1) is 9.34. The topological polar surface area (TPSA) is 78.5 Å². The van der Waals surface area contributed by atoms with Gasteiger partial charge in [-0.1, -0.05) is 17.7 Å². The number of hydrogen-bond donors (Lipinski definition) is 2.